The van der Waals surface area contributed by atoms with Crippen molar-refractivity contribution in [2.75, 3.05) is 13.1 Å². The third kappa shape index (κ3) is 6.24. The molecular formula is C12H21NO3. The van der Waals surface area contributed by atoms with Crippen LogP contribution in [0.15, 0.2) is 25.3 Å². The van der Waals surface area contributed by atoms with Gasteiger partial charge in [-0.1, -0.05) is 12.2 Å². The Bertz CT molecular complexity index is 255. The van der Waals surface area contributed by atoms with E-state index in [1.807, 2.05) is 0 Å². The first-order valence-electron chi connectivity index (χ1n) is 5.19. The first kappa shape index (κ1) is 14.7. The van der Waals surface area contributed by atoms with Gasteiger partial charge < -0.3 is 14.7 Å². The summed E-state index contributed by atoms with van der Waals surface area (Å²) in [6.45, 7) is 12.9. The van der Waals surface area contributed by atoms with Crippen LogP contribution in [0.4, 0.5) is 4.79 Å². The zero-order chi connectivity index (χ0) is 12.8. The molecule has 0 fully saturated rings. The van der Waals surface area contributed by atoms with Gasteiger partial charge in [-0.25, -0.2) is 4.79 Å². The molecule has 0 aliphatic carbocycles. The lowest BCUT2D eigenvalue weighted by atomic mass is 10.2. The highest BCUT2D eigenvalue weighted by atomic mass is 16.6. The molecule has 1 atom stereocenters. The summed E-state index contributed by atoms with van der Waals surface area (Å²) in [5, 5.41) is 9.40. The monoisotopic (exact) mass is 227 g/mol. The minimum Gasteiger partial charge on any atom is -0.444 e. The van der Waals surface area contributed by atoms with E-state index in [2.05, 4.69) is 13.2 Å². The summed E-state index contributed by atoms with van der Waals surface area (Å²) < 4.78 is 5.19. The van der Waals surface area contributed by atoms with E-state index in [1.54, 1.807) is 26.8 Å². The zero-order valence-corrected chi connectivity index (χ0v) is 10.3. The van der Waals surface area contributed by atoms with Crippen LogP contribution in [0.3, 0.4) is 0 Å². The third-order valence-corrected chi connectivity index (χ3v) is 1.68. The molecule has 4 nitrogen and oxygen atoms in total. The quantitative estimate of drug-likeness (QED) is 0.730. The highest BCUT2D eigenvalue weighted by molar-refractivity contribution is 5.68. The number of hydrogen-bond donors (Lipinski definition) is 1. The predicted octanol–water partition coefficient (Wildman–Crippen LogP) is 1.96. The highest BCUT2D eigenvalue weighted by Gasteiger charge is 2.22. The minimum absolute atomic E-state index is 0.157. The number of amides is 1. The topological polar surface area (TPSA) is 49.8 Å². The summed E-state index contributed by atoms with van der Waals surface area (Å²) in [5.41, 5.74) is -0.546. The van der Waals surface area contributed by atoms with Crippen LogP contribution in [0.5, 0.6) is 0 Å². The molecule has 4 heteroatoms. The van der Waals surface area contributed by atoms with Crippen molar-refractivity contribution < 1.29 is 14.6 Å². The number of aliphatic hydroxyl groups excluding tert-OH is 1. The Morgan fingerprint density at radius 2 is 2.06 bits per heavy atom. The molecule has 92 valence electrons. The van der Waals surface area contributed by atoms with Gasteiger partial charge in [-0.15, -0.1) is 13.2 Å². The van der Waals surface area contributed by atoms with Crippen LogP contribution >= 0.6 is 0 Å². The smallest absolute Gasteiger partial charge is 0.410 e. The van der Waals surface area contributed by atoms with Crippen LogP contribution < -0.4 is 0 Å². The summed E-state index contributed by atoms with van der Waals surface area (Å²) in [7, 11) is 0. The summed E-state index contributed by atoms with van der Waals surface area (Å²) >= 11 is 0. The summed E-state index contributed by atoms with van der Waals surface area (Å²) in [6.07, 6.45) is 1.74. The lowest BCUT2D eigenvalue weighted by molar-refractivity contribution is 0.0207. The number of ether oxygens (including phenoxy) is 1. The number of carbonyl (C=O) groups is 1. The average molecular weight is 227 g/mol. The predicted molar refractivity (Wildman–Crippen MR) is 64.2 cm³/mol. The standard InChI is InChI=1S/C12H21NO3/c1-6-8-13(9-10(14)7-2)11(15)16-12(3,4)5/h6-7,10,14H,1-2,8-9H2,3-5H3/t10-/m0/s1. The van der Waals surface area contributed by atoms with Gasteiger partial charge >= 0.3 is 6.09 Å². The molecule has 0 radical (unpaired) electrons. The Morgan fingerprint density at radius 3 is 2.44 bits per heavy atom. The molecule has 0 spiro atoms. The van der Waals surface area contributed by atoms with E-state index in [9.17, 15) is 9.90 Å². The number of aliphatic hydroxyl groups is 1. The first-order chi connectivity index (χ1) is 7.30. The average Bonchev–Trinajstić information content (AvgIpc) is 2.14. The van der Waals surface area contributed by atoms with Crippen molar-refractivity contribution >= 4 is 6.09 Å². The van der Waals surface area contributed by atoms with Gasteiger partial charge in [-0.3, -0.25) is 0 Å². The van der Waals surface area contributed by atoms with Gasteiger partial charge in [-0.05, 0) is 20.8 Å². The molecule has 16 heavy (non-hydrogen) atoms. The van der Waals surface area contributed by atoms with Gasteiger partial charge in [0.2, 0.25) is 0 Å². The third-order valence-electron chi connectivity index (χ3n) is 1.68. The van der Waals surface area contributed by atoms with Crippen molar-refractivity contribution in [1.82, 2.24) is 4.90 Å². The van der Waals surface area contributed by atoms with Gasteiger partial charge in [0.1, 0.15) is 5.60 Å². The van der Waals surface area contributed by atoms with Gasteiger partial charge in [0.05, 0.1) is 12.6 Å². The molecule has 0 aliphatic heterocycles. The fourth-order valence-corrected chi connectivity index (χ4v) is 1.01. The van der Waals surface area contributed by atoms with Crippen LogP contribution in [0.1, 0.15) is 20.8 Å². The first-order valence-corrected chi connectivity index (χ1v) is 5.19. The Hall–Kier alpha value is -1.29. The molecule has 0 unspecified atom stereocenters. The maximum Gasteiger partial charge on any atom is 0.410 e. The van der Waals surface area contributed by atoms with Crippen LogP contribution in [-0.2, 0) is 4.74 Å². The molecule has 1 N–H and O–H groups in total. The van der Waals surface area contributed by atoms with Crippen LogP contribution in [0.25, 0.3) is 0 Å². The van der Waals surface area contributed by atoms with E-state index in [0.29, 0.717) is 6.54 Å². The second-order valence-corrected chi connectivity index (χ2v) is 4.48. The second kappa shape index (κ2) is 6.33. The van der Waals surface area contributed by atoms with Gasteiger partial charge in [0.25, 0.3) is 0 Å². The van der Waals surface area contributed by atoms with Gasteiger partial charge in [0, 0.05) is 6.54 Å². The Morgan fingerprint density at radius 1 is 1.50 bits per heavy atom. The maximum absolute atomic E-state index is 11.7. The molecule has 0 aromatic heterocycles. The molecule has 0 saturated carbocycles. The minimum atomic E-state index is -0.757. The van der Waals surface area contributed by atoms with Crippen molar-refractivity contribution in [2.45, 2.75) is 32.5 Å². The molecule has 0 rings (SSSR count). The summed E-state index contributed by atoms with van der Waals surface area (Å²) in [4.78, 5) is 13.1. The molecule has 0 saturated heterocycles. The molecule has 0 bridgehead atoms. The van der Waals surface area contributed by atoms with Crippen molar-refractivity contribution in [2.24, 2.45) is 0 Å². The molecule has 0 heterocycles. The summed E-state index contributed by atoms with van der Waals surface area (Å²) in [5.74, 6) is 0. The van der Waals surface area contributed by atoms with Crippen LogP contribution in [0, 0.1) is 0 Å². The fourth-order valence-electron chi connectivity index (χ4n) is 1.01. The van der Waals surface area contributed by atoms with Crippen molar-refractivity contribution in [1.29, 1.82) is 0 Å². The van der Waals surface area contributed by atoms with E-state index < -0.39 is 17.8 Å². The lowest BCUT2D eigenvalue weighted by Crippen LogP contribution is -2.40. The molecule has 0 aliphatic rings. The van der Waals surface area contributed by atoms with Crippen LogP contribution in [-0.4, -0.2) is 40.9 Å². The summed E-state index contributed by atoms with van der Waals surface area (Å²) in [6, 6.07) is 0. The Balaban J connectivity index is 4.46. The number of rotatable bonds is 5. The van der Waals surface area contributed by atoms with E-state index in [0.717, 1.165) is 0 Å². The molecule has 1 amide bonds. The van der Waals surface area contributed by atoms with E-state index >= 15 is 0 Å². The fraction of sp³-hybridized carbons (Fsp3) is 0.583. The normalized spacial score (nSPS) is 12.8. The Kier molecular flexibility index (Phi) is 5.82. The second-order valence-electron chi connectivity index (χ2n) is 4.48. The Labute approximate surface area is 97.2 Å². The molecular weight excluding hydrogens is 206 g/mol. The van der Waals surface area contributed by atoms with E-state index in [4.69, 9.17) is 4.74 Å². The van der Waals surface area contributed by atoms with Crippen molar-refractivity contribution in [3.05, 3.63) is 25.3 Å². The number of hydrogen-bond acceptors (Lipinski definition) is 3. The number of carbonyl (C=O) groups excluding carboxylic acids is 1. The van der Waals surface area contributed by atoms with Gasteiger partial charge in [-0.2, -0.15) is 0 Å². The molecule has 0 aromatic carbocycles. The molecule has 0 aromatic rings. The number of nitrogens with zero attached hydrogens (tertiary/aromatic N) is 1. The largest absolute Gasteiger partial charge is 0.444 e. The maximum atomic E-state index is 11.7. The zero-order valence-electron chi connectivity index (χ0n) is 10.3. The lowest BCUT2D eigenvalue weighted by Gasteiger charge is -2.27. The van der Waals surface area contributed by atoms with Crippen LogP contribution in [0.2, 0.25) is 0 Å². The van der Waals surface area contributed by atoms with E-state index in [1.165, 1.54) is 11.0 Å². The van der Waals surface area contributed by atoms with E-state index in [-0.39, 0.29) is 6.54 Å². The van der Waals surface area contributed by atoms with Crippen molar-refractivity contribution in [3.63, 3.8) is 0 Å². The SMILES string of the molecule is C=CCN(C[C@@H](O)C=C)C(=O)OC(C)(C)C. The highest BCUT2D eigenvalue weighted by Crippen LogP contribution is 2.10. The van der Waals surface area contributed by atoms with Crippen molar-refractivity contribution in [3.8, 4) is 0 Å². The van der Waals surface area contributed by atoms with Gasteiger partial charge in [0.15, 0.2) is 0 Å².